The van der Waals surface area contributed by atoms with Crippen LogP contribution in [-0.2, 0) is 9.84 Å². The first-order valence-corrected chi connectivity index (χ1v) is 10.7. The van der Waals surface area contributed by atoms with E-state index < -0.39 is 9.84 Å². The lowest BCUT2D eigenvalue weighted by Gasteiger charge is -2.36. The summed E-state index contributed by atoms with van der Waals surface area (Å²) in [6.45, 7) is 2.57. The van der Waals surface area contributed by atoms with Crippen LogP contribution in [0.25, 0.3) is 0 Å². The number of hydrogen-bond acceptors (Lipinski definition) is 5. The third-order valence-electron chi connectivity index (χ3n) is 4.57. The van der Waals surface area contributed by atoms with Crippen LogP contribution in [0.2, 0.25) is 0 Å². The van der Waals surface area contributed by atoms with Gasteiger partial charge in [-0.25, -0.2) is 8.42 Å². The molecule has 0 spiro atoms. The molecule has 0 radical (unpaired) electrons. The molecule has 0 atom stereocenters. The fraction of sp³-hybridized carbons (Fsp3) is 0.368. The van der Waals surface area contributed by atoms with E-state index in [1.165, 1.54) is 6.26 Å². The highest BCUT2D eigenvalue weighted by Gasteiger charge is 2.25. The zero-order valence-electron chi connectivity index (χ0n) is 15.7. The Morgan fingerprint density at radius 3 is 2.36 bits per heavy atom. The Morgan fingerprint density at radius 2 is 1.75 bits per heavy atom. The molecular formula is C19H24N4O4S. The number of carbonyl (C=O) groups excluding carboxylic acids is 1. The maximum Gasteiger partial charge on any atom is 0.289 e. The van der Waals surface area contributed by atoms with E-state index in [4.69, 9.17) is 4.42 Å². The van der Waals surface area contributed by atoms with Crippen molar-refractivity contribution in [2.24, 2.45) is 4.99 Å². The van der Waals surface area contributed by atoms with Gasteiger partial charge in [0, 0.05) is 39.8 Å². The van der Waals surface area contributed by atoms with Crippen molar-refractivity contribution >= 4 is 21.7 Å². The summed E-state index contributed by atoms with van der Waals surface area (Å²) in [5.74, 6) is 0.824. The van der Waals surface area contributed by atoms with Crippen molar-refractivity contribution in [3.05, 3.63) is 54.5 Å². The van der Waals surface area contributed by atoms with Gasteiger partial charge in [0.15, 0.2) is 21.6 Å². The maximum atomic E-state index is 12.4. The summed E-state index contributed by atoms with van der Waals surface area (Å²) in [6.07, 6.45) is 1.48. The van der Waals surface area contributed by atoms with Crippen molar-refractivity contribution < 1.29 is 17.6 Å². The Morgan fingerprint density at radius 1 is 1.07 bits per heavy atom. The van der Waals surface area contributed by atoms with Gasteiger partial charge in [-0.15, -0.1) is 0 Å². The van der Waals surface area contributed by atoms with Gasteiger partial charge in [-0.05, 0) is 24.3 Å². The minimum atomic E-state index is -3.34. The van der Waals surface area contributed by atoms with Crippen LogP contribution in [0.5, 0.6) is 0 Å². The maximum absolute atomic E-state index is 12.4. The van der Waals surface area contributed by atoms with Gasteiger partial charge in [0.1, 0.15) is 0 Å². The summed E-state index contributed by atoms with van der Waals surface area (Å²) in [5.41, 5.74) is 0. The van der Waals surface area contributed by atoms with Crippen molar-refractivity contribution in [2.45, 2.75) is 4.90 Å². The smallest absolute Gasteiger partial charge is 0.289 e. The highest BCUT2D eigenvalue weighted by Crippen LogP contribution is 2.11. The summed E-state index contributed by atoms with van der Waals surface area (Å²) in [6, 6.07) is 11.8. The zero-order chi connectivity index (χ0) is 20.0. The summed E-state index contributed by atoms with van der Waals surface area (Å²) < 4.78 is 29.9. The van der Waals surface area contributed by atoms with E-state index in [2.05, 4.69) is 10.3 Å². The fourth-order valence-electron chi connectivity index (χ4n) is 3.05. The van der Waals surface area contributed by atoms with E-state index >= 15 is 0 Å². The van der Waals surface area contributed by atoms with Gasteiger partial charge in [-0.3, -0.25) is 9.79 Å². The van der Waals surface area contributed by atoms with Crippen molar-refractivity contribution in [3.63, 3.8) is 0 Å². The van der Waals surface area contributed by atoms with Gasteiger partial charge in [0.2, 0.25) is 0 Å². The van der Waals surface area contributed by atoms with E-state index in [1.54, 1.807) is 54.4 Å². The number of guanidine groups is 1. The van der Waals surface area contributed by atoms with E-state index in [-0.39, 0.29) is 18.2 Å². The lowest BCUT2D eigenvalue weighted by molar-refractivity contribution is 0.0658. The molecule has 1 amide bonds. The highest BCUT2D eigenvalue weighted by molar-refractivity contribution is 7.91. The molecule has 1 aromatic carbocycles. The Labute approximate surface area is 164 Å². The molecule has 1 aliphatic rings. The number of aliphatic imine (C=N–C) groups is 1. The Kier molecular flexibility index (Phi) is 6.35. The predicted molar refractivity (Wildman–Crippen MR) is 106 cm³/mol. The predicted octanol–water partition coefficient (Wildman–Crippen LogP) is 1.09. The number of sulfone groups is 1. The molecule has 0 aliphatic carbocycles. The highest BCUT2D eigenvalue weighted by atomic mass is 32.2. The number of carbonyl (C=O) groups is 1. The molecule has 1 saturated heterocycles. The molecule has 2 heterocycles. The molecule has 28 heavy (non-hydrogen) atoms. The van der Waals surface area contributed by atoms with Gasteiger partial charge in [-0.1, -0.05) is 18.2 Å². The van der Waals surface area contributed by atoms with Crippen LogP contribution in [0.3, 0.4) is 0 Å². The summed E-state index contributed by atoms with van der Waals surface area (Å²) in [5, 5.41) is 3.11. The molecule has 2 aromatic rings. The van der Waals surface area contributed by atoms with Crippen molar-refractivity contribution in [3.8, 4) is 0 Å². The monoisotopic (exact) mass is 404 g/mol. The van der Waals surface area contributed by atoms with Crippen LogP contribution in [0, 0.1) is 0 Å². The normalized spacial score (nSPS) is 15.5. The molecule has 1 aromatic heterocycles. The van der Waals surface area contributed by atoms with Gasteiger partial charge < -0.3 is 19.5 Å². The number of nitrogens with zero attached hydrogens (tertiary/aromatic N) is 3. The molecule has 3 rings (SSSR count). The van der Waals surface area contributed by atoms with E-state index in [1.807, 2.05) is 4.90 Å². The molecule has 8 nitrogen and oxygen atoms in total. The van der Waals surface area contributed by atoms with Crippen LogP contribution in [0.4, 0.5) is 0 Å². The minimum Gasteiger partial charge on any atom is -0.459 e. The molecule has 0 saturated carbocycles. The first-order chi connectivity index (χ1) is 13.5. The molecule has 1 N–H and O–H groups in total. The molecule has 0 unspecified atom stereocenters. The average molecular weight is 404 g/mol. The number of rotatable bonds is 5. The van der Waals surface area contributed by atoms with Crippen molar-refractivity contribution in [2.75, 3.05) is 45.5 Å². The Balaban J connectivity index is 1.49. The Bertz CT molecular complexity index is 903. The zero-order valence-corrected chi connectivity index (χ0v) is 16.6. The molecular weight excluding hydrogens is 380 g/mol. The van der Waals surface area contributed by atoms with Crippen molar-refractivity contribution in [1.82, 2.24) is 15.1 Å². The average Bonchev–Trinajstić information content (AvgIpc) is 3.26. The summed E-state index contributed by atoms with van der Waals surface area (Å²) >= 11 is 0. The van der Waals surface area contributed by atoms with E-state index in [9.17, 15) is 13.2 Å². The summed E-state index contributed by atoms with van der Waals surface area (Å²) in [7, 11) is -1.68. The second-order valence-electron chi connectivity index (χ2n) is 6.36. The van der Waals surface area contributed by atoms with Gasteiger partial charge in [-0.2, -0.15) is 0 Å². The fourth-order valence-corrected chi connectivity index (χ4v) is 4.23. The second-order valence-corrected chi connectivity index (χ2v) is 8.47. The standard InChI is InChI=1S/C19H24N4O4S/c1-20-19(21-9-15-28(25,26)16-6-3-2-4-7-16)23-12-10-22(11-13-23)18(24)17-8-5-14-27-17/h2-8,14H,9-13,15H2,1H3,(H,20,21). The number of hydrogen-bond donors (Lipinski definition) is 1. The third kappa shape index (κ3) is 4.72. The largest absolute Gasteiger partial charge is 0.459 e. The molecule has 9 heteroatoms. The lowest BCUT2D eigenvalue weighted by atomic mass is 10.3. The van der Waals surface area contributed by atoms with E-state index in [0.29, 0.717) is 42.8 Å². The lowest BCUT2D eigenvalue weighted by Crippen LogP contribution is -2.54. The van der Waals surface area contributed by atoms with E-state index in [0.717, 1.165) is 0 Å². The van der Waals surface area contributed by atoms with Crippen LogP contribution < -0.4 is 5.32 Å². The third-order valence-corrected chi connectivity index (χ3v) is 6.30. The first-order valence-electron chi connectivity index (χ1n) is 9.07. The van der Waals surface area contributed by atoms with Gasteiger partial charge in [0.05, 0.1) is 16.9 Å². The number of benzene rings is 1. The van der Waals surface area contributed by atoms with Crippen molar-refractivity contribution in [1.29, 1.82) is 0 Å². The van der Waals surface area contributed by atoms with Crippen LogP contribution in [-0.4, -0.2) is 75.6 Å². The van der Waals surface area contributed by atoms with Crippen LogP contribution in [0.1, 0.15) is 10.6 Å². The number of amides is 1. The molecule has 150 valence electrons. The Hall–Kier alpha value is -2.81. The number of nitrogens with one attached hydrogen (secondary N) is 1. The quantitative estimate of drug-likeness (QED) is 0.592. The number of furan rings is 1. The second kappa shape index (κ2) is 8.92. The van der Waals surface area contributed by atoms with Gasteiger partial charge >= 0.3 is 0 Å². The molecule has 0 bridgehead atoms. The molecule has 1 fully saturated rings. The van der Waals surface area contributed by atoms with Gasteiger partial charge in [0.25, 0.3) is 5.91 Å². The first kappa shape index (κ1) is 19.9. The SMILES string of the molecule is CN=C(NCCS(=O)(=O)c1ccccc1)N1CCN(C(=O)c2ccco2)CC1. The topological polar surface area (TPSA) is 95.2 Å². The van der Waals surface area contributed by atoms with Crippen LogP contribution >= 0.6 is 0 Å². The molecule has 1 aliphatic heterocycles. The number of piperazine rings is 1. The van der Waals surface area contributed by atoms with Crippen LogP contribution in [0.15, 0.2) is 63.0 Å². The minimum absolute atomic E-state index is 0.0209. The summed E-state index contributed by atoms with van der Waals surface area (Å²) in [4.78, 5) is 20.6.